The minimum absolute atomic E-state index is 0.0821. The van der Waals surface area contributed by atoms with Gasteiger partial charge in [-0.3, -0.25) is 14.6 Å². The number of nitrogens with one attached hydrogen (secondary N) is 1. The quantitative estimate of drug-likeness (QED) is 0.747. The third kappa shape index (κ3) is 4.70. The molecule has 2 aliphatic heterocycles. The number of piperazine rings is 1. The first-order valence-electron chi connectivity index (χ1n) is 9.16. The zero-order chi connectivity index (χ0) is 18.4. The van der Waals surface area contributed by atoms with E-state index in [0.717, 1.165) is 57.8 Å². The highest BCUT2D eigenvalue weighted by molar-refractivity contribution is 5.79. The molecule has 0 bridgehead atoms. The van der Waals surface area contributed by atoms with Gasteiger partial charge in [-0.2, -0.15) is 0 Å². The maximum absolute atomic E-state index is 12.8. The number of pyridine rings is 1. The van der Waals surface area contributed by atoms with Crippen molar-refractivity contribution in [1.29, 1.82) is 0 Å². The molecule has 0 aliphatic carbocycles. The number of nitrogens with zero attached hydrogens (tertiary/aromatic N) is 4. The molecule has 8 heteroatoms. The van der Waals surface area contributed by atoms with Gasteiger partial charge in [0, 0.05) is 63.3 Å². The van der Waals surface area contributed by atoms with Gasteiger partial charge in [-0.1, -0.05) is 0 Å². The van der Waals surface area contributed by atoms with Crippen LogP contribution in [0, 0.1) is 5.92 Å². The van der Waals surface area contributed by atoms with E-state index in [1.165, 1.54) is 7.11 Å². The van der Waals surface area contributed by atoms with Crippen LogP contribution in [0.5, 0.6) is 0 Å². The number of ether oxygens (including phenoxy) is 1. The van der Waals surface area contributed by atoms with E-state index >= 15 is 0 Å². The van der Waals surface area contributed by atoms with Crippen LogP contribution in [-0.4, -0.2) is 79.7 Å². The molecule has 0 spiro atoms. The lowest BCUT2D eigenvalue weighted by Gasteiger charge is -2.39. The number of hydrazine groups is 1. The Balaban J connectivity index is 1.41. The summed E-state index contributed by atoms with van der Waals surface area (Å²) in [5.74, 6) is 0.0703. The SMILES string of the molecule is COC(=O)CNN1CCC(C(=O)N2CCN(c3ccncc3)CC2)CC1. The highest BCUT2D eigenvalue weighted by Gasteiger charge is 2.30. The fourth-order valence-corrected chi connectivity index (χ4v) is 3.53. The van der Waals surface area contributed by atoms with Crippen molar-refractivity contribution >= 4 is 17.6 Å². The maximum atomic E-state index is 12.8. The van der Waals surface area contributed by atoms with Crippen molar-refractivity contribution in [1.82, 2.24) is 20.3 Å². The molecule has 0 saturated carbocycles. The molecule has 1 N–H and O–H groups in total. The first-order valence-corrected chi connectivity index (χ1v) is 9.16. The molecule has 2 aliphatic rings. The van der Waals surface area contributed by atoms with E-state index in [1.807, 2.05) is 22.0 Å². The number of piperidine rings is 1. The van der Waals surface area contributed by atoms with Crippen LogP contribution < -0.4 is 10.3 Å². The van der Waals surface area contributed by atoms with Crippen LogP contribution in [0.4, 0.5) is 5.69 Å². The van der Waals surface area contributed by atoms with E-state index in [9.17, 15) is 9.59 Å². The van der Waals surface area contributed by atoms with Crippen molar-refractivity contribution in [3.63, 3.8) is 0 Å². The average molecular weight is 361 g/mol. The number of hydrogen-bond donors (Lipinski definition) is 1. The lowest BCUT2D eigenvalue weighted by atomic mass is 9.96. The van der Waals surface area contributed by atoms with E-state index in [1.54, 1.807) is 12.4 Å². The van der Waals surface area contributed by atoms with Crippen LogP contribution in [0.15, 0.2) is 24.5 Å². The second-order valence-electron chi connectivity index (χ2n) is 6.69. The molecule has 1 aromatic rings. The Kier molecular flexibility index (Phi) is 6.40. The first kappa shape index (κ1) is 18.6. The molecule has 0 aromatic carbocycles. The Morgan fingerprint density at radius 2 is 1.77 bits per heavy atom. The summed E-state index contributed by atoms with van der Waals surface area (Å²) in [7, 11) is 1.38. The van der Waals surface area contributed by atoms with E-state index in [4.69, 9.17) is 0 Å². The standard InChI is InChI=1S/C18H27N5O3/c1-26-17(24)14-20-23-8-4-15(5-9-23)18(25)22-12-10-21(11-13-22)16-2-6-19-7-3-16/h2-3,6-7,15,20H,4-5,8-14H2,1H3. The zero-order valence-corrected chi connectivity index (χ0v) is 15.3. The molecular weight excluding hydrogens is 334 g/mol. The van der Waals surface area contributed by atoms with Gasteiger partial charge in [-0.05, 0) is 25.0 Å². The van der Waals surface area contributed by atoms with Gasteiger partial charge in [0.25, 0.3) is 0 Å². The number of aromatic nitrogens is 1. The van der Waals surface area contributed by atoms with Gasteiger partial charge in [0.15, 0.2) is 0 Å². The fraction of sp³-hybridized carbons (Fsp3) is 0.611. The topological polar surface area (TPSA) is 78.0 Å². The highest BCUT2D eigenvalue weighted by Crippen LogP contribution is 2.21. The highest BCUT2D eigenvalue weighted by atomic mass is 16.5. The summed E-state index contributed by atoms with van der Waals surface area (Å²) in [5, 5.41) is 2.00. The first-order chi connectivity index (χ1) is 12.7. The van der Waals surface area contributed by atoms with Gasteiger partial charge in [0.1, 0.15) is 6.54 Å². The van der Waals surface area contributed by atoms with Crippen molar-refractivity contribution in [3.8, 4) is 0 Å². The Hall–Kier alpha value is -2.19. The molecule has 1 amide bonds. The zero-order valence-electron chi connectivity index (χ0n) is 15.3. The molecule has 8 nitrogen and oxygen atoms in total. The van der Waals surface area contributed by atoms with Crippen LogP contribution in [0.25, 0.3) is 0 Å². The number of hydrogen-bond acceptors (Lipinski definition) is 7. The lowest BCUT2D eigenvalue weighted by molar-refractivity contribution is -0.142. The van der Waals surface area contributed by atoms with Crippen LogP contribution in [-0.2, 0) is 14.3 Å². The van der Waals surface area contributed by atoms with Gasteiger partial charge in [0.05, 0.1) is 7.11 Å². The third-order valence-electron chi connectivity index (χ3n) is 5.14. The van der Waals surface area contributed by atoms with Gasteiger partial charge in [-0.15, -0.1) is 0 Å². The molecule has 142 valence electrons. The molecule has 26 heavy (non-hydrogen) atoms. The van der Waals surface area contributed by atoms with Crippen LogP contribution in [0.1, 0.15) is 12.8 Å². The van der Waals surface area contributed by atoms with Gasteiger partial charge < -0.3 is 14.5 Å². The Morgan fingerprint density at radius 3 is 2.38 bits per heavy atom. The van der Waals surface area contributed by atoms with Gasteiger partial charge >= 0.3 is 5.97 Å². The van der Waals surface area contributed by atoms with Gasteiger partial charge in [0.2, 0.25) is 5.91 Å². The Morgan fingerprint density at radius 1 is 1.12 bits per heavy atom. The van der Waals surface area contributed by atoms with E-state index < -0.39 is 0 Å². The summed E-state index contributed by atoms with van der Waals surface area (Å²) < 4.78 is 4.62. The maximum Gasteiger partial charge on any atom is 0.321 e. The summed E-state index contributed by atoms with van der Waals surface area (Å²) in [6, 6.07) is 4.02. The summed E-state index contributed by atoms with van der Waals surface area (Å²) in [5.41, 5.74) is 4.22. The second kappa shape index (κ2) is 8.95. The van der Waals surface area contributed by atoms with E-state index in [0.29, 0.717) is 0 Å². The van der Waals surface area contributed by atoms with E-state index in [-0.39, 0.29) is 24.3 Å². The molecule has 2 fully saturated rings. The van der Waals surface area contributed by atoms with E-state index in [2.05, 4.69) is 20.0 Å². The Bertz CT molecular complexity index is 596. The summed E-state index contributed by atoms with van der Waals surface area (Å²) in [4.78, 5) is 32.3. The third-order valence-corrected chi connectivity index (χ3v) is 5.14. The number of rotatable bonds is 5. The molecular formula is C18H27N5O3. The van der Waals surface area contributed by atoms with Crippen molar-refractivity contribution in [2.24, 2.45) is 5.92 Å². The summed E-state index contributed by atoms with van der Waals surface area (Å²) in [6.07, 6.45) is 5.24. The summed E-state index contributed by atoms with van der Waals surface area (Å²) in [6.45, 7) is 4.95. The Labute approximate surface area is 154 Å². The largest absolute Gasteiger partial charge is 0.468 e. The number of anilines is 1. The molecule has 1 aromatic heterocycles. The van der Waals surface area contributed by atoms with Crippen LogP contribution >= 0.6 is 0 Å². The summed E-state index contributed by atoms with van der Waals surface area (Å²) >= 11 is 0. The van der Waals surface area contributed by atoms with Crippen LogP contribution in [0.2, 0.25) is 0 Å². The number of esters is 1. The minimum Gasteiger partial charge on any atom is -0.468 e. The van der Waals surface area contributed by atoms with Crippen molar-refractivity contribution in [2.45, 2.75) is 12.8 Å². The molecule has 0 unspecified atom stereocenters. The fourth-order valence-electron chi connectivity index (χ4n) is 3.53. The molecule has 2 saturated heterocycles. The second-order valence-corrected chi connectivity index (χ2v) is 6.69. The number of methoxy groups -OCH3 is 1. The van der Waals surface area contributed by atoms with Crippen LogP contribution in [0.3, 0.4) is 0 Å². The minimum atomic E-state index is -0.282. The number of carbonyl (C=O) groups is 2. The lowest BCUT2D eigenvalue weighted by Crippen LogP contribution is -2.53. The monoisotopic (exact) mass is 361 g/mol. The van der Waals surface area contributed by atoms with Crippen molar-refractivity contribution in [3.05, 3.63) is 24.5 Å². The predicted octanol–water partition coefficient (Wildman–Crippen LogP) is 0.120. The molecule has 0 atom stereocenters. The number of carbonyl (C=O) groups excluding carboxylic acids is 2. The molecule has 3 rings (SSSR count). The smallest absolute Gasteiger partial charge is 0.321 e. The predicted molar refractivity (Wildman–Crippen MR) is 97.3 cm³/mol. The van der Waals surface area contributed by atoms with Gasteiger partial charge in [-0.25, -0.2) is 10.4 Å². The number of amides is 1. The van der Waals surface area contributed by atoms with Crippen molar-refractivity contribution < 1.29 is 14.3 Å². The molecule has 3 heterocycles. The normalized spacial score (nSPS) is 19.4. The van der Waals surface area contributed by atoms with Crippen molar-refractivity contribution in [2.75, 3.05) is 57.8 Å². The average Bonchev–Trinajstić information content (AvgIpc) is 2.72. The molecule has 0 radical (unpaired) electrons.